The van der Waals surface area contributed by atoms with Gasteiger partial charge in [0.25, 0.3) is 0 Å². The lowest BCUT2D eigenvalue weighted by atomic mass is 10.2. The number of esters is 2. The van der Waals surface area contributed by atoms with Crippen molar-refractivity contribution in [1.29, 1.82) is 0 Å². The fourth-order valence-electron chi connectivity index (χ4n) is 2.57. The minimum atomic E-state index is -1.19. The Labute approximate surface area is 138 Å². The van der Waals surface area contributed by atoms with Crippen molar-refractivity contribution in [3.63, 3.8) is 0 Å². The minimum Gasteiger partial charge on any atom is -0.462 e. The number of carbonyl (C=O) groups excluding carboxylic acids is 3. The first-order valence-corrected chi connectivity index (χ1v) is 7.90. The van der Waals surface area contributed by atoms with Gasteiger partial charge in [0, 0.05) is 6.54 Å². The van der Waals surface area contributed by atoms with Crippen molar-refractivity contribution < 1.29 is 38.9 Å². The van der Waals surface area contributed by atoms with Gasteiger partial charge < -0.3 is 29.8 Å². The molecule has 2 rings (SSSR count). The zero-order valence-electron chi connectivity index (χ0n) is 13.2. The first-order chi connectivity index (χ1) is 11.5. The van der Waals surface area contributed by atoms with E-state index in [1.807, 2.05) is 0 Å². The Hall–Kier alpha value is -1.75. The quantitative estimate of drug-likeness (QED) is 0.393. The first-order valence-electron chi connectivity index (χ1n) is 7.90. The molecule has 1 unspecified atom stereocenters. The molecule has 0 aromatic carbocycles. The third-order valence-corrected chi connectivity index (χ3v) is 3.83. The molecule has 0 aromatic rings. The normalized spacial score (nSPS) is 25.2. The zero-order valence-corrected chi connectivity index (χ0v) is 13.2. The predicted octanol–water partition coefficient (Wildman–Crippen LogP) is -1.31. The third-order valence-electron chi connectivity index (χ3n) is 3.83. The van der Waals surface area contributed by atoms with Crippen LogP contribution in [0.3, 0.4) is 0 Å². The van der Waals surface area contributed by atoms with Gasteiger partial charge in [-0.15, -0.1) is 5.06 Å². The summed E-state index contributed by atoms with van der Waals surface area (Å²) in [5.74, 6) is -1.39. The maximum Gasteiger partial charge on any atom is 0.535 e. The molecule has 0 aliphatic carbocycles. The van der Waals surface area contributed by atoms with E-state index in [1.165, 1.54) is 0 Å². The summed E-state index contributed by atoms with van der Waals surface area (Å²) in [6.45, 7) is 0.111. The second kappa shape index (κ2) is 8.92. The number of rotatable bonds is 6. The number of nitrogens with zero attached hydrogens (tertiary/aromatic N) is 1. The van der Waals surface area contributed by atoms with Crippen molar-refractivity contribution in [2.45, 2.75) is 43.9 Å². The Bertz CT molecular complexity index is 466. The second-order valence-corrected chi connectivity index (χ2v) is 5.68. The van der Waals surface area contributed by atoms with Crippen LogP contribution in [-0.4, -0.2) is 77.9 Å². The summed E-state index contributed by atoms with van der Waals surface area (Å²) in [6, 6.07) is -1.35. The van der Waals surface area contributed by atoms with Crippen molar-refractivity contribution in [2.24, 2.45) is 0 Å². The standard InChI is InChI=1S/C14H22N2O8/c17-7-9(18)8-22-13(20)11-4-2-6-16(11)24-14(21)23-12(19)10-3-1-5-15-10/h9-11,15,17-18H,1-8H2/t9?,10-,11-/m0/s1. The molecule has 0 radical (unpaired) electrons. The summed E-state index contributed by atoms with van der Waals surface area (Å²) >= 11 is 0. The highest BCUT2D eigenvalue weighted by atomic mass is 16.8. The molecule has 0 amide bonds. The molecule has 2 saturated heterocycles. The van der Waals surface area contributed by atoms with Crippen LogP contribution < -0.4 is 5.32 Å². The Morgan fingerprint density at radius 1 is 1.21 bits per heavy atom. The van der Waals surface area contributed by atoms with Gasteiger partial charge in [0.2, 0.25) is 0 Å². The Kier molecular flexibility index (Phi) is 6.91. The fourth-order valence-corrected chi connectivity index (χ4v) is 2.57. The number of ether oxygens (including phenoxy) is 2. The van der Waals surface area contributed by atoms with Gasteiger partial charge in [-0.05, 0) is 32.2 Å². The molecule has 10 nitrogen and oxygen atoms in total. The SMILES string of the molecule is O=C(OC(=O)[C@@H]1CCCN1)ON1CCC[C@H]1C(=O)OCC(O)CO. The highest BCUT2D eigenvalue weighted by Crippen LogP contribution is 2.19. The van der Waals surface area contributed by atoms with Crippen LogP contribution in [0.25, 0.3) is 0 Å². The minimum absolute atomic E-state index is 0.299. The summed E-state index contributed by atoms with van der Waals surface area (Å²) in [5, 5.41) is 21.9. The average Bonchev–Trinajstić information content (AvgIpc) is 3.23. The van der Waals surface area contributed by atoms with Gasteiger partial charge in [0.1, 0.15) is 24.8 Å². The van der Waals surface area contributed by atoms with Crippen LogP contribution in [0.2, 0.25) is 0 Å². The number of hydroxylamine groups is 2. The van der Waals surface area contributed by atoms with Gasteiger partial charge in [-0.25, -0.2) is 9.59 Å². The van der Waals surface area contributed by atoms with E-state index in [-0.39, 0.29) is 6.61 Å². The summed E-state index contributed by atoms with van der Waals surface area (Å²) in [4.78, 5) is 40.2. The van der Waals surface area contributed by atoms with Crippen molar-refractivity contribution in [2.75, 3.05) is 26.3 Å². The van der Waals surface area contributed by atoms with Gasteiger partial charge in [-0.1, -0.05) is 0 Å². The number of hydrogen-bond donors (Lipinski definition) is 3. The summed E-state index contributed by atoms with van der Waals surface area (Å²) in [6.07, 6.45) is 0.0645. The van der Waals surface area contributed by atoms with Gasteiger partial charge in [-0.2, -0.15) is 0 Å². The lowest BCUT2D eigenvalue weighted by Crippen LogP contribution is -2.41. The Morgan fingerprint density at radius 2 is 2.00 bits per heavy atom. The predicted molar refractivity (Wildman–Crippen MR) is 77.4 cm³/mol. The van der Waals surface area contributed by atoms with E-state index in [2.05, 4.69) is 10.1 Å². The maximum atomic E-state index is 11.9. The van der Waals surface area contributed by atoms with E-state index in [0.29, 0.717) is 32.4 Å². The number of carbonyl (C=O) groups is 3. The lowest BCUT2D eigenvalue weighted by Gasteiger charge is -2.21. The molecule has 3 N–H and O–H groups in total. The molecule has 0 saturated carbocycles. The van der Waals surface area contributed by atoms with E-state index in [4.69, 9.17) is 14.7 Å². The van der Waals surface area contributed by atoms with Crippen molar-refractivity contribution in [3.8, 4) is 0 Å². The number of nitrogens with one attached hydrogen (secondary N) is 1. The van der Waals surface area contributed by atoms with Crippen LogP contribution in [0.1, 0.15) is 25.7 Å². The molecular weight excluding hydrogens is 324 g/mol. The largest absolute Gasteiger partial charge is 0.535 e. The Morgan fingerprint density at radius 3 is 2.67 bits per heavy atom. The zero-order chi connectivity index (χ0) is 17.5. The summed E-state index contributed by atoms with van der Waals surface area (Å²) < 4.78 is 9.46. The molecule has 3 atom stereocenters. The molecule has 2 fully saturated rings. The van der Waals surface area contributed by atoms with Crippen molar-refractivity contribution in [1.82, 2.24) is 10.4 Å². The highest BCUT2D eigenvalue weighted by molar-refractivity contribution is 5.85. The molecule has 0 spiro atoms. The molecule has 136 valence electrons. The topological polar surface area (TPSA) is 135 Å². The van der Waals surface area contributed by atoms with E-state index in [9.17, 15) is 19.5 Å². The van der Waals surface area contributed by atoms with Gasteiger partial charge >= 0.3 is 18.1 Å². The third kappa shape index (κ3) is 5.13. The number of aliphatic hydroxyl groups excluding tert-OH is 2. The van der Waals surface area contributed by atoms with E-state index in [1.54, 1.807) is 0 Å². The summed E-state index contributed by atoms with van der Waals surface area (Å²) in [5.41, 5.74) is 0. The highest BCUT2D eigenvalue weighted by Gasteiger charge is 2.36. The molecule has 0 bridgehead atoms. The average molecular weight is 346 g/mol. The van der Waals surface area contributed by atoms with Crippen LogP contribution in [0.4, 0.5) is 4.79 Å². The van der Waals surface area contributed by atoms with Crippen molar-refractivity contribution in [3.05, 3.63) is 0 Å². The lowest BCUT2D eigenvalue weighted by molar-refractivity contribution is -0.178. The molecule has 24 heavy (non-hydrogen) atoms. The van der Waals surface area contributed by atoms with Crippen LogP contribution >= 0.6 is 0 Å². The fraction of sp³-hybridized carbons (Fsp3) is 0.786. The smallest absolute Gasteiger partial charge is 0.462 e. The molecule has 0 aromatic heterocycles. The van der Waals surface area contributed by atoms with Gasteiger partial charge in [-0.3, -0.25) is 4.79 Å². The Balaban J connectivity index is 1.78. The monoisotopic (exact) mass is 346 g/mol. The molecule has 2 aliphatic heterocycles. The van der Waals surface area contributed by atoms with Crippen LogP contribution in [0, 0.1) is 0 Å². The van der Waals surface area contributed by atoms with Gasteiger partial charge in [0.15, 0.2) is 0 Å². The van der Waals surface area contributed by atoms with Crippen LogP contribution in [0.15, 0.2) is 0 Å². The number of hydrogen-bond acceptors (Lipinski definition) is 10. The van der Waals surface area contributed by atoms with Crippen LogP contribution in [0.5, 0.6) is 0 Å². The maximum absolute atomic E-state index is 11.9. The molecule has 2 heterocycles. The van der Waals surface area contributed by atoms with E-state index < -0.39 is 42.9 Å². The van der Waals surface area contributed by atoms with E-state index in [0.717, 1.165) is 11.5 Å². The molecular formula is C14H22N2O8. The van der Waals surface area contributed by atoms with Crippen LogP contribution in [-0.2, 0) is 23.9 Å². The van der Waals surface area contributed by atoms with Crippen molar-refractivity contribution >= 4 is 18.1 Å². The number of aliphatic hydroxyl groups is 2. The summed E-state index contributed by atoms with van der Waals surface area (Å²) in [7, 11) is 0. The first kappa shape index (κ1) is 18.6. The molecule has 2 aliphatic rings. The van der Waals surface area contributed by atoms with Gasteiger partial charge in [0.05, 0.1) is 6.61 Å². The molecule has 10 heteroatoms. The second-order valence-electron chi connectivity index (χ2n) is 5.68. The van der Waals surface area contributed by atoms with E-state index >= 15 is 0 Å².